The fraction of sp³-hybridized carbons (Fsp3) is 0.267. The molecule has 3 aromatic carbocycles. The molecule has 1 amide bonds. The predicted octanol–water partition coefficient (Wildman–Crippen LogP) is 5.26. The molecule has 1 saturated heterocycles. The summed E-state index contributed by atoms with van der Waals surface area (Å²) in [4.78, 5) is 41.6. The largest absolute Gasteiger partial charge is 0.497 e. The molecular formula is C30H34FN5O5. The van der Waals surface area contributed by atoms with Crippen molar-refractivity contribution in [1.29, 1.82) is 0 Å². The minimum atomic E-state index is -0.732. The summed E-state index contributed by atoms with van der Waals surface area (Å²) in [5.74, 6) is 0.109. The Hall–Kier alpha value is -4.77. The van der Waals surface area contributed by atoms with Gasteiger partial charge in [0.05, 0.1) is 24.1 Å². The van der Waals surface area contributed by atoms with Crippen molar-refractivity contribution in [2.75, 3.05) is 38.2 Å². The SMILES string of the molecule is CC.COc1ccc(C(=O)N2CCN(c3c([N+](=O)[O-])c(=O)n(Cc4ccc(F)cc4)c4ccccc34)CC2)cc1.N. The first-order chi connectivity index (χ1) is 19.4. The molecule has 216 valence electrons. The first-order valence-electron chi connectivity index (χ1n) is 13.1. The van der Waals surface area contributed by atoms with Crippen LogP contribution in [0.1, 0.15) is 29.8 Å². The zero-order chi connectivity index (χ0) is 28.8. The Bertz CT molecular complexity index is 1560. The number of amides is 1. The van der Waals surface area contributed by atoms with Crippen LogP contribution >= 0.6 is 0 Å². The average Bonchev–Trinajstić information content (AvgIpc) is 3.00. The van der Waals surface area contributed by atoms with Crippen LogP contribution in [-0.4, -0.2) is 53.6 Å². The van der Waals surface area contributed by atoms with Gasteiger partial charge in [0.2, 0.25) is 0 Å². The van der Waals surface area contributed by atoms with Crippen LogP contribution in [0.2, 0.25) is 0 Å². The van der Waals surface area contributed by atoms with E-state index in [1.807, 2.05) is 18.7 Å². The van der Waals surface area contributed by atoms with E-state index in [9.17, 15) is 24.1 Å². The predicted molar refractivity (Wildman–Crippen MR) is 158 cm³/mol. The van der Waals surface area contributed by atoms with E-state index in [4.69, 9.17) is 4.74 Å². The number of aromatic nitrogens is 1. The molecular weight excluding hydrogens is 529 g/mol. The summed E-state index contributed by atoms with van der Waals surface area (Å²) >= 11 is 0. The maximum absolute atomic E-state index is 13.5. The van der Waals surface area contributed by atoms with E-state index in [0.717, 1.165) is 0 Å². The molecule has 0 unspecified atom stereocenters. The number of hydrogen-bond donors (Lipinski definition) is 1. The summed E-state index contributed by atoms with van der Waals surface area (Å²) in [5, 5.41) is 12.8. The number of hydrogen-bond acceptors (Lipinski definition) is 7. The molecule has 2 heterocycles. The Morgan fingerprint density at radius 1 is 0.951 bits per heavy atom. The van der Waals surface area contributed by atoms with Crippen LogP contribution in [0.25, 0.3) is 10.9 Å². The number of piperazine rings is 1. The molecule has 0 saturated carbocycles. The number of carbonyl (C=O) groups excluding carboxylic acids is 1. The number of para-hydroxylation sites is 1. The third-order valence-electron chi connectivity index (χ3n) is 6.78. The lowest BCUT2D eigenvalue weighted by atomic mass is 10.1. The fourth-order valence-electron chi connectivity index (χ4n) is 4.84. The number of halogens is 1. The Balaban J connectivity index is 0.00000151. The molecule has 5 rings (SSSR count). The van der Waals surface area contributed by atoms with Crippen LogP contribution in [-0.2, 0) is 6.54 Å². The normalized spacial score (nSPS) is 12.7. The monoisotopic (exact) mass is 563 g/mol. The van der Waals surface area contributed by atoms with Crippen molar-refractivity contribution >= 4 is 28.2 Å². The highest BCUT2D eigenvalue weighted by Crippen LogP contribution is 2.34. The van der Waals surface area contributed by atoms with Crippen molar-refractivity contribution in [2.45, 2.75) is 20.4 Å². The number of rotatable bonds is 6. The quantitative estimate of drug-likeness (QED) is 0.250. The molecule has 0 bridgehead atoms. The van der Waals surface area contributed by atoms with Crippen molar-refractivity contribution in [1.82, 2.24) is 15.6 Å². The van der Waals surface area contributed by atoms with Crippen molar-refractivity contribution in [2.24, 2.45) is 0 Å². The van der Waals surface area contributed by atoms with Crippen LogP contribution in [0.4, 0.5) is 15.8 Å². The van der Waals surface area contributed by atoms with Gasteiger partial charge in [0.15, 0.2) is 0 Å². The van der Waals surface area contributed by atoms with Crippen molar-refractivity contribution in [3.05, 3.63) is 110 Å². The number of pyridine rings is 1. The first-order valence-corrected chi connectivity index (χ1v) is 13.1. The van der Waals surface area contributed by atoms with E-state index < -0.39 is 22.0 Å². The van der Waals surface area contributed by atoms with Gasteiger partial charge in [0.25, 0.3) is 5.91 Å². The van der Waals surface area contributed by atoms with Crippen LogP contribution in [0, 0.1) is 15.9 Å². The van der Waals surface area contributed by atoms with Gasteiger partial charge in [-0.05, 0) is 48.0 Å². The highest BCUT2D eigenvalue weighted by Gasteiger charge is 2.32. The van der Waals surface area contributed by atoms with Crippen molar-refractivity contribution in [3.63, 3.8) is 0 Å². The van der Waals surface area contributed by atoms with Gasteiger partial charge in [0.1, 0.15) is 17.3 Å². The number of anilines is 1. The Morgan fingerprint density at radius 2 is 1.56 bits per heavy atom. The smallest absolute Gasteiger partial charge is 0.357 e. The molecule has 1 aliphatic rings. The number of carbonyl (C=O) groups is 1. The van der Waals surface area contributed by atoms with E-state index in [-0.39, 0.29) is 24.3 Å². The van der Waals surface area contributed by atoms with E-state index in [2.05, 4.69) is 0 Å². The minimum absolute atomic E-state index is 0. The third-order valence-corrected chi connectivity index (χ3v) is 6.78. The van der Waals surface area contributed by atoms with Crippen LogP contribution in [0.5, 0.6) is 5.75 Å². The Kier molecular flexibility index (Phi) is 10.2. The first kappa shape index (κ1) is 30.8. The Labute approximate surface area is 237 Å². The standard InChI is InChI=1S/C28H25FN4O5.C2H6.H3N/c1-38-22-12-8-20(9-13-22)27(34)31-16-14-30(15-17-31)25-23-4-2-3-5-24(23)32(28(35)26(25)33(36)37)18-19-6-10-21(29)11-7-19;1-2;/h2-13H,14-18H2,1H3;1-2H3;1H3. The molecule has 41 heavy (non-hydrogen) atoms. The summed E-state index contributed by atoms with van der Waals surface area (Å²) < 4.78 is 19.9. The van der Waals surface area contributed by atoms with Gasteiger partial charge in [-0.25, -0.2) is 4.39 Å². The molecule has 4 aromatic rings. The van der Waals surface area contributed by atoms with E-state index in [0.29, 0.717) is 54.0 Å². The van der Waals surface area contributed by atoms with E-state index >= 15 is 0 Å². The summed E-state index contributed by atoms with van der Waals surface area (Å²) in [5.41, 5.74) is 0.720. The summed E-state index contributed by atoms with van der Waals surface area (Å²) in [6, 6.07) is 19.6. The van der Waals surface area contributed by atoms with Gasteiger partial charge >= 0.3 is 11.2 Å². The topological polar surface area (TPSA) is 133 Å². The van der Waals surface area contributed by atoms with Crippen LogP contribution in [0.15, 0.2) is 77.6 Å². The van der Waals surface area contributed by atoms with Gasteiger partial charge in [-0.3, -0.25) is 24.3 Å². The van der Waals surface area contributed by atoms with Gasteiger partial charge in [-0.1, -0.05) is 44.2 Å². The lowest BCUT2D eigenvalue weighted by Gasteiger charge is -2.36. The molecule has 3 N–H and O–H groups in total. The molecule has 0 aliphatic carbocycles. The highest BCUT2D eigenvalue weighted by atomic mass is 19.1. The molecule has 0 spiro atoms. The zero-order valence-electron chi connectivity index (χ0n) is 23.4. The fourth-order valence-corrected chi connectivity index (χ4v) is 4.84. The van der Waals surface area contributed by atoms with Crippen molar-refractivity contribution < 1.29 is 18.8 Å². The Morgan fingerprint density at radius 3 is 2.15 bits per heavy atom. The number of benzene rings is 3. The van der Waals surface area contributed by atoms with Crippen LogP contribution in [0.3, 0.4) is 0 Å². The summed E-state index contributed by atoms with van der Waals surface area (Å²) in [7, 11) is 1.56. The van der Waals surface area contributed by atoms with Crippen molar-refractivity contribution in [3.8, 4) is 5.75 Å². The molecule has 0 radical (unpaired) electrons. The lowest BCUT2D eigenvalue weighted by Crippen LogP contribution is -2.49. The van der Waals surface area contributed by atoms with Gasteiger partial charge in [-0.2, -0.15) is 0 Å². The number of nitrogens with zero attached hydrogens (tertiary/aromatic N) is 4. The number of methoxy groups -OCH3 is 1. The van der Waals surface area contributed by atoms with E-state index in [1.165, 1.54) is 16.7 Å². The van der Waals surface area contributed by atoms with Gasteiger partial charge in [-0.15, -0.1) is 0 Å². The summed E-state index contributed by atoms with van der Waals surface area (Å²) in [6.07, 6.45) is 0. The second kappa shape index (κ2) is 13.5. The average molecular weight is 564 g/mol. The lowest BCUT2D eigenvalue weighted by molar-refractivity contribution is -0.385. The molecule has 1 aromatic heterocycles. The zero-order valence-corrected chi connectivity index (χ0v) is 23.4. The molecule has 1 aliphatic heterocycles. The number of ether oxygens (including phenoxy) is 1. The number of nitro groups is 1. The summed E-state index contributed by atoms with van der Waals surface area (Å²) in [6.45, 7) is 5.40. The maximum atomic E-state index is 13.5. The molecule has 11 heteroatoms. The molecule has 10 nitrogen and oxygen atoms in total. The molecule has 0 atom stereocenters. The maximum Gasteiger partial charge on any atom is 0.357 e. The van der Waals surface area contributed by atoms with Gasteiger partial charge in [0, 0.05) is 37.1 Å². The second-order valence-electron chi connectivity index (χ2n) is 9.00. The molecule has 1 fully saturated rings. The second-order valence-corrected chi connectivity index (χ2v) is 9.00. The van der Waals surface area contributed by atoms with Gasteiger partial charge < -0.3 is 20.7 Å². The minimum Gasteiger partial charge on any atom is -0.497 e. The van der Waals surface area contributed by atoms with Crippen LogP contribution < -0.4 is 21.3 Å². The third kappa shape index (κ3) is 6.36. The number of fused-ring (bicyclic) bond motifs is 1. The van der Waals surface area contributed by atoms with E-state index in [1.54, 1.807) is 72.7 Å². The highest BCUT2D eigenvalue weighted by molar-refractivity contribution is 5.97.